The van der Waals surface area contributed by atoms with Gasteiger partial charge in [-0.2, -0.15) is 0 Å². The van der Waals surface area contributed by atoms with Gasteiger partial charge in [-0.15, -0.1) is 0 Å². The van der Waals surface area contributed by atoms with Crippen molar-refractivity contribution < 1.29 is 19.1 Å². The highest BCUT2D eigenvalue weighted by atomic mass is 35.5. The number of hydrogen-bond acceptors (Lipinski definition) is 7. The molecule has 0 aliphatic carbocycles. The van der Waals surface area contributed by atoms with E-state index in [0.29, 0.717) is 32.9 Å². The fourth-order valence-electron chi connectivity index (χ4n) is 4.56. The molecule has 0 saturated heterocycles. The Morgan fingerprint density at radius 1 is 0.951 bits per heavy atom. The Balaban J connectivity index is 1.49. The zero-order chi connectivity index (χ0) is 28.9. The van der Waals surface area contributed by atoms with E-state index < -0.39 is 6.04 Å². The third-order valence-corrected chi connectivity index (χ3v) is 7.68. The maximum atomic E-state index is 14.0. The number of benzene rings is 3. The Labute approximate surface area is 248 Å². The Morgan fingerprint density at radius 2 is 1.66 bits per heavy atom. The lowest BCUT2D eigenvalue weighted by molar-refractivity contribution is -0.137. The number of thioether (sulfide) groups is 1. The highest BCUT2D eigenvalue weighted by Crippen LogP contribution is 2.35. The van der Waals surface area contributed by atoms with Crippen LogP contribution in [0.4, 0.5) is 5.69 Å². The van der Waals surface area contributed by atoms with Crippen molar-refractivity contribution in [3.8, 4) is 11.5 Å². The normalized spacial score (nSPS) is 12.6. The molecule has 41 heavy (non-hydrogen) atoms. The van der Waals surface area contributed by atoms with Gasteiger partial charge in [0, 0.05) is 34.7 Å². The number of nitrogens with zero attached hydrogens (tertiary/aromatic N) is 3. The molecule has 8 nitrogen and oxygen atoms in total. The van der Waals surface area contributed by atoms with Crippen molar-refractivity contribution in [3.05, 3.63) is 106 Å². The molecule has 5 rings (SSSR count). The second-order valence-corrected chi connectivity index (χ2v) is 11.1. The molecule has 1 aromatic heterocycles. The molecule has 210 valence electrons. The Morgan fingerprint density at radius 3 is 2.39 bits per heavy atom. The third-order valence-electron chi connectivity index (χ3n) is 6.59. The van der Waals surface area contributed by atoms with E-state index >= 15 is 0 Å². The molecule has 0 bridgehead atoms. The topological polar surface area (TPSA) is 93.7 Å². The Kier molecular flexibility index (Phi) is 8.75. The fraction of sp³-hybridized carbons (Fsp3) is 0.226. The van der Waals surface area contributed by atoms with Crippen molar-refractivity contribution in [3.63, 3.8) is 0 Å². The van der Waals surface area contributed by atoms with Gasteiger partial charge in [0.1, 0.15) is 6.04 Å². The molecule has 1 aliphatic rings. The van der Waals surface area contributed by atoms with Gasteiger partial charge >= 0.3 is 0 Å². The first-order chi connectivity index (χ1) is 19.8. The molecular formula is C31H29ClN4O4S. The first-order valence-electron chi connectivity index (χ1n) is 13.0. The summed E-state index contributed by atoms with van der Waals surface area (Å²) in [4.78, 5) is 38.6. The largest absolute Gasteiger partial charge is 0.454 e. The van der Waals surface area contributed by atoms with Crippen LogP contribution in [-0.4, -0.2) is 39.2 Å². The zero-order valence-corrected chi connectivity index (χ0v) is 24.5. The van der Waals surface area contributed by atoms with Gasteiger partial charge in [-0.05, 0) is 67.8 Å². The summed E-state index contributed by atoms with van der Waals surface area (Å²) in [5.41, 5.74) is 4.75. The number of rotatable bonds is 9. The number of ether oxygens (including phenoxy) is 2. The van der Waals surface area contributed by atoms with E-state index in [-0.39, 0.29) is 30.9 Å². The van der Waals surface area contributed by atoms with E-state index in [4.69, 9.17) is 21.1 Å². The van der Waals surface area contributed by atoms with Gasteiger partial charge in [0.15, 0.2) is 16.7 Å². The van der Waals surface area contributed by atoms with Crippen molar-refractivity contribution in [1.82, 2.24) is 14.9 Å². The lowest BCUT2D eigenvalue weighted by atomic mass is 10.0. The monoisotopic (exact) mass is 588 g/mol. The summed E-state index contributed by atoms with van der Waals surface area (Å²) in [6.07, 6.45) is 0. The second kappa shape index (κ2) is 12.6. The van der Waals surface area contributed by atoms with Crippen LogP contribution in [0.25, 0.3) is 0 Å². The van der Waals surface area contributed by atoms with Crippen molar-refractivity contribution in [2.75, 3.05) is 17.9 Å². The van der Waals surface area contributed by atoms with Crippen molar-refractivity contribution in [2.24, 2.45) is 0 Å². The Bertz CT molecular complexity index is 1560. The van der Waals surface area contributed by atoms with E-state index in [1.165, 1.54) is 11.8 Å². The fourth-order valence-corrected chi connectivity index (χ4v) is 5.53. The van der Waals surface area contributed by atoms with Gasteiger partial charge in [0.2, 0.25) is 12.7 Å². The number of anilines is 1. The minimum absolute atomic E-state index is 0.0518. The highest BCUT2D eigenvalue weighted by Gasteiger charge is 2.32. The minimum atomic E-state index is -0.953. The van der Waals surface area contributed by atoms with Gasteiger partial charge in [-0.1, -0.05) is 59.8 Å². The van der Waals surface area contributed by atoms with E-state index in [2.05, 4.69) is 15.3 Å². The summed E-state index contributed by atoms with van der Waals surface area (Å²) in [5, 5.41) is 4.02. The van der Waals surface area contributed by atoms with Crippen molar-refractivity contribution >= 4 is 40.9 Å². The second-order valence-electron chi connectivity index (χ2n) is 9.68. The maximum Gasteiger partial charge on any atom is 0.251 e. The van der Waals surface area contributed by atoms with Gasteiger partial charge in [-0.3, -0.25) is 9.59 Å². The van der Waals surface area contributed by atoms with E-state index in [1.807, 2.05) is 51.1 Å². The van der Waals surface area contributed by atoms with Crippen LogP contribution >= 0.6 is 23.4 Å². The first kappa shape index (κ1) is 28.4. The molecule has 0 fully saturated rings. The van der Waals surface area contributed by atoms with Crippen LogP contribution in [0.3, 0.4) is 0 Å². The standard InChI is InChI=1S/C31H29ClN4O4S/c1-19-6-4-5-7-23(19)16-36(28(37)17-41-31-33-20(2)14-21(3)34-31)29(22-8-10-24(32)11-9-22)30(38)35-25-12-13-26-27(15-25)40-18-39-26/h4-15,29H,16-18H2,1-3H3,(H,35,38). The molecular weight excluding hydrogens is 560 g/mol. The summed E-state index contributed by atoms with van der Waals surface area (Å²) in [5.74, 6) is 0.598. The quantitative estimate of drug-likeness (QED) is 0.181. The number of nitrogens with one attached hydrogen (secondary N) is 1. The summed E-state index contributed by atoms with van der Waals surface area (Å²) >= 11 is 7.44. The van der Waals surface area contributed by atoms with Crippen LogP contribution in [0, 0.1) is 20.8 Å². The van der Waals surface area contributed by atoms with Gasteiger partial charge in [-0.25, -0.2) is 9.97 Å². The number of carbonyl (C=O) groups is 2. The molecule has 0 radical (unpaired) electrons. The van der Waals surface area contributed by atoms with Crippen LogP contribution in [0.5, 0.6) is 11.5 Å². The van der Waals surface area contributed by atoms with E-state index in [0.717, 1.165) is 22.5 Å². The summed E-state index contributed by atoms with van der Waals surface area (Å²) in [6.45, 7) is 6.12. The predicted molar refractivity (Wildman–Crippen MR) is 159 cm³/mol. The average Bonchev–Trinajstić information content (AvgIpc) is 3.41. The lowest BCUT2D eigenvalue weighted by Gasteiger charge is -2.32. The zero-order valence-electron chi connectivity index (χ0n) is 22.9. The molecule has 0 spiro atoms. The first-order valence-corrected chi connectivity index (χ1v) is 14.4. The number of amides is 2. The molecule has 1 atom stereocenters. The molecule has 1 aliphatic heterocycles. The molecule has 2 heterocycles. The highest BCUT2D eigenvalue weighted by molar-refractivity contribution is 7.99. The number of carbonyl (C=O) groups excluding carboxylic acids is 2. The number of aryl methyl sites for hydroxylation is 3. The van der Waals surface area contributed by atoms with Crippen molar-refractivity contribution in [2.45, 2.75) is 38.5 Å². The summed E-state index contributed by atoms with van der Waals surface area (Å²) in [6, 6.07) is 20.9. The number of halogens is 1. The maximum absolute atomic E-state index is 14.0. The average molecular weight is 589 g/mol. The molecule has 4 aromatic rings. The van der Waals surface area contributed by atoms with Gasteiger partial charge in [0.25, 0.3) is 5.91 Å². The number of hydrogen-bond donors (Lipinski definition) is 1. The van der Waals surface area contributed by atoms with Crippen LogP contribution in [0.1, 0.15) is 34.1 Å². The van der Waals surface area contributed by atoms with E-state index in [9.17, 15) is 9.59 Å². The minimum Gasteiger partial charge on any atom is -0.454 e. The molecule has 2 amide bonds. The van der Waals surface area contributed by atoms with Gasteiger partial charge < -0.3 is 19.7 Å². The van der Waals surface area contributed by atoms with Crippen LogP contribution < -0.4 is 14.8 Å². The molecule has 1 N–H and O–H groups in total. The van der Waals surface area contributed by atoms with Crippen molar-refractivity contribution in [1.29, 1.82) is 0 Å². The smallest absolute Gasteiger partial charge is 0.251 e. The Hall–Kier alpha value is -4.08. The summed E-state index contributed by atoms with van der Waals surface area (Å²) in [7, 11) is 0. The molecule has 3 aromatic carbocycles. The van der Waals surface area contributed by atoms with Gasteiger partial charge in [0.05, 0.1) is 5.75 Å². The summed E-state index contributed by atoms with van der Waals surface area (Å²) < 4.78 is 10.9. The lowest BCUT2D eigenvalue weighted by Crippen LogP contribution is -2.42. The van der Waals surface area contributed by atoms with E-state index in [1.54, 1.807) is 47.4 Å². The van der Waals surface area contributed by atoms with Crippen LogP contribution in [0.15, 0.2) is 78.0 Å². The molecule has 0 saturated carbocycles. The number of fused-ring (bicyclic) bond motifs is 1. The van der Waals surface area contributed by atoms with Crippen LogP contribution in [0.2, 0.25) is 5.02 Å². The molecule has 1 unspecified atom stereocenters. The molecule has 10 heteroatoms. The third kappa shape index (κ3) is 6.99. The number of aromatic nitrogens is 2. The van der Waals surface area contributed by atoms with Crippen LogP contribution in [-0.2, 0) is 16.1 Å². The predicted octanol–water partition coefficient (Wildman–Crippen LogP) is 6.28. The SMILES string of the molecule is Cc1cc(C)nc(SCC(=O)N(Cc2ccccc2C)C(C(=O)Nc2ccc3c(c2)OCO3)c2ccc(Cl)cc2)n1.